The highest BCUT2D eigenvalue weighted by Crippen LogP contribution is 2.67. The highest BCUT2D eigenvalue weighted by molar-refractivity contribution is 6.23. The van der Waals surface area contributed by atoms with E-state index in [1.54, 1.807) is 0 Å². The SMILES string of the molecule is Cc1ccc(N(c2ccc3c4c(ccc3c2)-c2c(c3ccc(N(c5ccc(C)cc5)c5cccc6c5oc5ccccc56)cc3c3ccccc23)C42c3ccccc3-c3ccccc32)c2cccc3c2oc2ccccc23)cc1. The topological polar surface area (TPSA) is 32.8 Å². The molecule has 370 valence electrons. The third kappa shape index (κ3) is 6.08. The Kier molecular flexibility index (Phi) is 9.15. The fraction of sp³-hybridized carbons (Fsp3) is 0.0400. The number of para-hydroxylation sites is 4. The fourth-order valence-corrected chi connectivity index (χ4v) is 14.0. The summed E-state index contributed by atoms with van der Waals surface area (Å²) in [7, 11) is 0. The molecule has 0 unspecified atom stereocenters. The van der Waals surface area contributed by atoms with Crippen molar-refractivity contribution in [2.45, 2.75) is 19.3 Å². The van der Waals surface area contributed by atoms with Gasteiger partial charge < -0.3 is 18.6 Å². The lowest BCUT2D eigenvalue weighted by atomic mass is 9.68. The lowest BCUT2D eigenvalue weighted by Gasteiger charge is -2.33. The summed E-state index contributed by atoms with van der Waals surface area (Å²) < 4.78 is 13.6. The van der Waals surface area contributed by atoms with Crippen LogP contribution in [0.25, 0.3) is 98.4 Å². The summed E-state index contributed by atoms with van der Waals surface area (Å²) in [5.74, 6) is 0. The average molecular weight is 1010 g/mol. The normalized spacial score (nSPS) is 13.0. The van der Waals surface area contributed by atoms with Crippen molar-refractivity contribution in [3.8, 4) is 22.3 Å². The van der Waals surface area contributed by atoms with E-state index in [1.165, 1.54) is 88.0 Å². The predicted octanol–water partition coefficient (Wildman–Crippen LogP) is 20.8. The average Bonchev–Trinajstić information content (AvgIpc) is 4.36. The van der Waals surface area contributed by atoms with Crippen LogP contribution in [0, 0.1) is 13.8 Å². The second kappa shape index (κ2) is 16.4. The highest BCUT2D eigenvalue weighted by Gasteiger charge is 2.54. The van der Waals surface area contributed by atoms with E-state index in [0.29, 0.717) is 0 Å². The van der Waals surface area contributed by atoms with Gasteiger partial charge in [-0.2, -0.15) is 0 Å². The van der Waals surface area contributed by atoms with E-state index < -0.39 is 5.41 Å². The molecule has 0 aliphatic heterocycles. The first kappa shape index (κ1) is 44.0. The molecule has 2 heterocycles. The minimum Gasteiger partial charge on any atom is -0.454 e. The van der Waals surface area contributed by atoms with E-state index in [-0.39, 0.29) is 0 Å². The Labute approximate surface area is 456 Å². The van der Waals surface area contributed by atoms with Crippen LogP contribution >= 0.6 is 0 Å². The van der Waals surface area contributed by atoms with Gasteiger partial charge in [0.25, 0.3) is 0 Å². The Bertz CT molecular complexity index is 5010. The number of hydrogen-bond donors (Lipinski definition) is 0. The quantitative estimate of drug-likeness (QED) is 0.155. The van der Waals surface area contributed by atoms with Gasteiger partial charge in [-0.3, -0.25) is 0 Å². The Morgan fingerprint density at radius 2 is 0.772 bits per heavy atom. The van der Waals surface area contributed by atoms with E-state index >= 15 is 0 Å². The molecule has 1 spiro atoms. The van der Waals surface area contributed by atoms with Gasteiger partial charge in [0.05, 0.1) is 16.8 Å². The Balaban J connectivity index is 0.939. The van der Waals surface area contributed by atoms with E-state index in [2.05, 4.69) is 266 Å². The van der Waals surface area contributed by atoms with Crippen molar-refractivity contribution in [2.24, 2.45) is 0 Å². The molecule has 2 aliphatic carbocycles. The summed E-state index contributed by atoms with van der Waals surface area (Å²) in [4.78, 5) is 4.75. The maximum absolute atomic E-state index is 6.80. The minimum atomic E-state index is -0.657. The molecule has 2 aliphatic rings. The van der Waals surface area contributed by atoms with Gasteiger partial charge in [-0.05, 0) is 163 Å². The third-order valence-corrected chi connectivity index (χ3v) is 17.3. The number of fused-ring (bicyclic) bond motifs is 23. The molecule has 0 fully saturated rings. The number of anilines is 6. The van der Waals surface area contributed by atoms with E-state index in [0.717, 1.165) is 78.0 Å². The van der Waals surface area contributed by atoms with E-state index in [1.807, 2.05) is 12.1 Å². The van der Waals surface area contributed by atoms with Crippen molar-refractivity contribution in [3.05, 3.63) is 288 Å². The van der Waals surface area contributed by atoms with E-state index in [9.17, 15) is 0 Å². The zero-order valence-corrected chi connectivity index (χ0v) is 43.5. The van der Waals surface area contributed by atoms with Crippen molar-refractivity contribution in [1.29, 1.82) is 0 Å². The predicted molar refractivity (Wildman–Crippen MR) is 329 cm³/mol. The second-order valence-electron chi connectivity index (χ2n) is 21.6. The molecule has 4 nitrogen and oxygen atoms in total. The molecule has 13 aromatic carbocycles. The summed E-state index contributed by atoms with van der Waals surface area (Å²) in [6.07, 6.45) is 0. The molecule has 17 rings (SSSR count). The molecule has 2 aromatic heterocycles. The summed E-state index contributed by atoms with van der Waals surface area (Å²) in [6.45, 7) is 4.30. The van der Waals surface area contributed by atoms with Crippen LogP contribution in [-0.4, -0.2) is 0 Å². The number of nitrogens with zero attached hydrogens (tertiary/aromatic N) is 2. The molecule has 0 atom stereocenters. The third-order valence-electron chi connectivity index (χ3n) is 17.3. The molecule has 0 amide bonds. The molecule has 0 saturated heterocycles. The van der Waals surface area contributed by atoms with Gasteiger partial charge in [-0.25, -0.2) is 0 Å². The van der Waals surface area contributed by atoms with Crippen LogP contribution in [0.4, 0.5) is 34.1 Å². The van der Waals surface area contributed by atoms with Gasteiger partial charge in [0.2, 0.25) is 0 Å². The summed E-state index contributed by atoms with van der Waals surface area (Å²) >= 11 is 0. The summed E-state index contributed by atoms with van der Waals surface area (Å²) in [6, 6.07) is 94.1. The van der Waals surface area contributed by atoms with Crippen molar-refractivity contribution in [2.75, 3.05) is 9.80 Å². The number of aryl methyl sites for hydroxylation is 2. The minimum absolute atomic E-state index is 0.657. The van der Waals surface area contributed by atoms with Crippen molar-refractivity contribution >= 4 is 110 Å². The zero-order chi connectivity index (χ0) is 52.1. The van der Waals surface area contributed by atoms with Crippen LogP contribution < -0.4 is 9.80 Å². The van der Waals surface area contributed by atoms with Crippen LogP contribution in [0.2, 0.25) is 0 Å². The lowest BCUT2D eigenvalue weighted by Crippen LogP contribution is -2.26. The van der Waals surface area contributed by atoms with E-state index in [4.69, 9.17) is 8.83 Å². The van der Waals surface area contributed by atoms with Gasteiger partial charge in [-0.1, -0.05) is 193 Å². The molecule has 0 saturated carbocycles. The van der Waals surface area contributed by atoms with Gasteiger partial charge in [0, 0.05) is 44.3 Å². The fourth-order valence-electron chi connectivity index (χ4n) is 14.0. The second-order valence-corrected chi connectivity index (χ2v) is 21.6. The lowest BCUT2D eigenvalue weighted by molar-refractivity contribution is 0.668. The number of rotatable bonds is 6. The van der Waals surface area contributed by atoms with Crippen LogP contribution in [0.3, 0.4) is 0 Å². The van der Waals surface area contributed by atoms with Gasteiger partial charge in [-0.15, -0.1) is 0 Å². The summed E-state index contributed by atoms with van der Waals surface area (Å²) in [5, 5.41) is 11.7. The van der Waals surface area contributed by atoms with Crippen LogP contribution in [-0.2, 0) is 5.41 Å². The molecule has 15 aromatic rings. The van der Waals surface area contributed by atoms with Gasteiger partial charge in [0.1, 0.15) is 11.2 Å². The van der Waals surface area contributed by atoms with Gasteiger partial charge in [0.15, 0.2) is 11.2 Å². The first-order chi connectivity index (χ1) is 39.0. The van der Waals surface area contributed by atoms with Crippen molar-refractivity contribution in [1.82, 2.24) is 0 Å². The number of hydrogen-bond acceptors (Lipinski definition) is 4. The number of benzene rings is 13. The van der Waals surface area contributed by atoms with Crippen LogP contribution in [0.5, 0.6) is 0 Å². The maximum Gasteiger partial charge on any atom is 0.159 e. The first-order valence-corrected chi connectivity index (χ1v) is 27.3. The van der Waals surface area contributed by atoms with Crippen molar-refractivity contribution < 1.29 is 8.83 Å². The smallest absolute Gasteiger partial charge is 0.159 e. The van der Waals surface area contributed by atoms with Crippen molar-refractivity contribution in [3.63, 3.8) is 0 Å². The van der Waals surface area contributed by atoms with Crippen LogP contribution in [0.1, 0.15) is 33.4 Å². The Hall–Kier alpha value is -10.2. The first-order valence-electron chi connectivity index (χ1n) is 27.3. The maximum atomic E-state index is 6.80. The molecule has 0 bridgehead atoms. The molecular weight excluding hydrogens is 961 g/mol. The number of furan rings is 2. The largest absolute Gasteiger partial charge is 0.454 e. The Morgan fingerprint density at radius 1 is 0.304 bits per heavy atom. The summed E-state index contributed by atoms with van der Waals surface area (Å²) in [5.41, 5.74) is 21.9. The molecule has 0 radical (unpaired) electrons. The molecule has 79 heavy (non-hydrogen) atoms. The molecule has 4 heteroatoms. The van der Waals surface area contributed by atoms with Gasteiger partial charge >= 0.3 is 0 Å². The highest BCUT2D eigenvalue weighted by atomic mass is 16.3. The Morgan fingerprint density at radius 3 is 1.35 bits per heavy atom. The zero-order valence-electron chi connectivity index (χ0n) is 43.5. The monoisotopic (exact) mass is 1010 g/mol. The molecular formula is C75H48N2O2. The molecule has 0 N–H and O–H groups in total. The standard InChI is InChI=1S/C75H48N2O2/c1-45-29-34-48(35-30-45)76(66-25-13-21-60-56-18-7-11-27-68(56)78-73(60)66)50-38-41-52-47(43-50)33-40-62-70-58-20-4-3-15-53(58)63-44-51(39-42-59(63)72(70)75(71(52)62)64-23-9-5-16-54(64)55-17-6-10-24-65(55)75)77(49-36-31-46(2)32-37-49)67-26-14-22-61-57-19-8-12-28-69(57)79-74(61)67/h3-44H,1-2H3. The van der Waals surface area contributed by atoms with Crippen LogP contribution in [0.15, 0.2) is 264 Å².